The van der Waals surface area contributed by atoms with E-state index >= 15 is 0 Å². The van der Waals surface area contributed by atoms with Crippen LogP contribution in [0.15, 0.2) is 18.2 Å². The zero-order valence-corrected chi connectivity index (χ0v) is 10.5. The van der Waals surface area contributed by atoms with Gasteiger partial charge in [0.1, 0.15) is 5.75 Å². The molecule has 2 rings (SSSR count). The summed E-state index contributed by atoms with van der Waals surface area (Å²) in [7, 11) is 0. The largest absolute Gasteiger partial charge is 0.479 e. The summed E-state index contributed by atoms with van der Waals surface area (Å²) in [5.41, 5.74) is 2.49. The molecule has 0 aromatic heterocycles. The minimum Gasteiger partial charge on any atom is -0.479 e. The Morgan fingerprint density at radius 3 is 2.71 bits per heavy atom. The van der Waals surface area contributed by atoms with Crippen molar-refractivity contribution < 1.29 is 14.6 Å². The van der Waals surface area contributed by atoms with E-state index in [0.717, 1.165) is 17.7 Å². The normalized spacial score (nSPS) is 19.4. The van der Waals surface area contributed by atoms with Crippen molar-refractivity contribution in [3.05, 3.63) is 29.3 Å². The highest BCUT2D eigenvalue weighted by atomic mass is 16.5. The third kappa shape index (κ3) is 2.43. The van der Waals surface area contributed by atoms with Gasteiger partial charge in [0, 0.05) is 0 Å². The van der Waals surface area contributed by atoms with E-state index in [1.165, 1.54) is 5.56 Å². The van der Waals surface area contributed by atoms with E-state index in [0.29, 0.717) is 6.42 Å². The van der Waals surface area contributed by atoms with Gasteiger partial charge in [0.15, 0.2) is 6.10 Å². The fourth-order valence-corrected chi connectivity index (χ4v) is 2.03. The van der Waals surface area contributed by atoms with Crippen molar-refractivity contribution in [3.63, 3.8) is 0 Å². The second kappa shape index (κ2) is 4.06. The van der Waals surface area contributed by atoms with Crippen molar-refractivity contribution >= 4 is 5.97 Å². The summed E-state index contributed by atoms with van der Waals surface area (Å²) < 4.78 is 5.46. The average Bonchev–Trinajstić information content (AvgIpc) is 2.26. The number of carbonyl (C=O) groups is 1. The monoisotopic (exact) mass is 234 g/mol. The van der Waals surface area contributed by atoms with E-state index < -0.39 is 12.1 Å². The highest BCUT2D eigenvalue weighted by Crippen LogP contribution is 2.32. The standard InChI is InChI=1S/C14H18O3/c1-14(2,3)10-5-7-11-9(8-10)4-6-12(17-11)13(15)16/h5,7-8,12H,4,6H2,1-3H3,(H,15,16). The van der Waals surface area contributed by atoms with Crippen molar-refractivity contribution in [2.75, 3.05) is 0 Å². The number of hydrogen-bond acceptors (Lipinski definition) is 2. The van der Waals surface area contributed by atoms with Crippen LogP contribution in [0, 0.1) is 0 Å². The lowest BCUT2D eigenvalue weighted by Gasteiger charge is -2.26. The van der Waals surface area contributed by atoms with Gasteiger partial charge in [-0.25, -0.2) is 4.79 Å². The first-order valence-corrected chi connectivity index (χ1v) is 5.91. The van der Waals surface area contributed by atoms with Crippen LogP contribution in [0.2, 0.25) is 0 Å². The lowest BCUT2D eigenvalue weighted by molar-refractivity contribution is -0.145. The molecule has 0 saturated carbocycles. The zero-order chi connectivity index (χ0) is 12.6. The van der Waals surface area contributed by atoms with Gasteiger partial charge in [0.05, 0.1) is 0 Å². The number of rotatable bonds is 1. The lowest BCUT2D eigenvalue weighted by atomic mass is 9.85. The molecule has 0 spiro atoms. The molecule has 0 saturated heterocycles. The van der Waals surface area contributed by atoms with Gasteiger partial charge in [-0.3, -0.25) is 0 Å². The summed E-state index contributed by atoms with van der Waals surface area (Å²) in [5, 5.41) is 8.92. The van der Waals surface area contributed by atoms with E-state index in [-0.39, 0.29) is 5.41 Å². The SMILES string of the molecule is CC(C)(C)c1ccc2c(c1)CCC(C(=O)O)O2. The Labute approximate surface area is 101 Å². The quantitative estimate of drug-likeness (QED) is 0.812. The Kier molecular flexibility index (Phi) is 2.86. The Hall–Kier alpha value is -1.51. The van der Waals surface area contributed by atoms with Gasteiger partial charge in [-0.2, -0.15) is 0 Å². The molecule has 1 unspecified atom stereocenters. The first kappa shape index (κ1) is 12.0. The van der Waals surface area contributed by atoms with Gasteiger partial charge in [0.2, 0.25) is 0 Å². The molecule has 1 aliphatic rings. The van der Waals surface area contributed by atoms with Crippen molar-refractivity contribution in [2.24, 2.45) is 0 Å². The lowest BCUT2D eigenvalue weighted by Crippen LogP contribution is -2.31. The summed E-state index contributed by atoms with van der Waals surface area (Å²) in [5.74, 6) is -0.160. The summed E-state index contributed by atoms with van der Waals surface area (Å²) in [6.07, 6.45) is 0.634. The van der Waals surface area contributed by atoms with Crippen molar-refractivity contribution in [3.8, 4) is 5.75 Å². The molecule has 1 atom stereocenters. The maximum Gasteiger partial charge on any atom is 0.344 e. The first-order valence-electron chi connectivity index (χ1n) is 5.91. The predicted molar refractivity (Wildman–Crippen MR) is 65.5 cm³/mol. The third-order valence-electron chi connectivity index (χ3n) is 3.15. The Morgan fingerprint density at radius 1 is 1.41 bits per heavy atom. The van der Waals surface area contributed by atoms with E-state index in [4.69, 9.17) is 9.84 Å². The number of hydrogen-bond donors (Lipinski definition) is 1. The van der Waals surface area contributed by atoms with Gasteiger partial charge in [-0.05, 0) is 35.4 Å². The number of carboxylic acids is 1. The fraction of sp³-hybridized carbons (Fsp3) is 0.500. The van der Waals surface area contributed by atoms with Crippen molar-refractivity contribution in [1.82, 2.24) is 0 Å². The number of aryl methyl sites for hydroxylation is 1. The molecular weight excluding hydrogens is 216 g/mol. The van der Waals surface area contributed by atoms with Crippen LogP contribution in [-0.2, 0) is 16.6 Å². The van der Waals surface area contributed by atoms with Crippen LogP contribution in [0.1, 0.15) is 38.3 Å². The van der Waals surface area contributed by atoms with Gasteiger partial charge in [-0.15, -0.1) is 0 Å². The van der Waals surface area contributed by atoms with Gasteiger partial charge in [-0.1, -0.05) is 32.9 Å². The molecule has 0 aliphatic carbocycles. The Balaban J connectivity index is 2.29. The minimum absolute atomic E-state index is 0.110. The van der Waals surface area contributed by atoms with Crippen LogP contribution < -0.4 is 4.74 Å². The second-order valence-corrected chi connectivity index (χ2v) is 5.56. The molecule has 1 heterocycles. The summed E-state index contributed by atoms with van der Waals surface area (Å²) >= 11 is 0. The van der Waals surface area contributed by atoms with E-state index in [2.05, 4.69) is 26.8 Å². The molecular formula is C14H18O3. The topological polar surface area (TPSA) is 46.5 Å². The Morgan fingerprint density at radius 2 is 2.12 bits per heavy atom. The van der Waals surface area contributed by atoms with Crippen LogP contribution in [0.3, 0.4) is 0 Å². The molecule has 1 aliphatic heterocycles. The number of aliphatic carboxylic acids is 1. The van der Waals surface area contributed by atoms with E-state index in [9.17, 15) is 4.79 Å². The number of fused-ring (bicyclic) bond motifs is 1. The van der Waals surface area contributed by atoms with Crippen LogP contribution in [0.5, 0.6) is 5.75 Å². The molecule has 3 heteroatoms. The van der Waals surface area contributed by atoms with Crippen LogP contribution in [0.25, 0.3) is 0 Å². The van der Waals surface area contributed by atoms with Crippen molar-refractivity contribution in [1.29, 1.82) is 0 Å². The second-order valence-electron chi connectivity index (χ2n) is 5.56. The molecule has 0 radical (unpaired) electrons. The third-order valence-corrected chi connectivity index (χ3v) is 3.15. The molecule has 0 bridgehead atoms. The molecule has 1 aromatic rings. The molecule has 1 N–H and O–H groups in total. The highest BCUT2D eigenvalue weighted by Gasteiger charge is 2.26. The van der Waals surface area contributed by atoms with E-state index in [1.807, 2.05) is 12.1 Å². The van der Waals surface area contributed by atoms with Gasteiger partial charge in [0.25, 0.3) is 0 Å². The summed E-state index contributed by atoms with van der Waals surface area (Å²) in [6.45, 7) is 6.50. The smallest absolute Gasteiger partial charge is 0.344 e. The van der Waals surface area contributed by atoms with Crippen molar-refractivity contribution in [2.45, 2.75) is 45.1 Å². The predicted octanol–water partition coefficient (Wildman–Crippen LogP) is 2.76. The van der Waals surface area contributed by atoms with Gasteiger partial charge >= 0.3 is 5.97 Å². The minimum atomic E-state index is -0.879. The summed E-state index contributed by atoms with van der Waals surface area (Å²) in [4.78, 5) is 10.9. The maximum absolute atomic E-state index is 10.9. The molecule has 0 fully saturated rings. The fourth-order valence-electron chi connectivity index (χ4n) is 2.03. The number of ether oxygens (including phenoxy) is 1. The average molecular weight is 234 g/mol. The molecule has 0 amide bonds. The van der Waals surface area contributed by atoms with Crippen LogP contribution in [0.4, 0.5) is 0 Å². The highest BCUT2D eigenvalue weighted by molar-refractivity contribution is 5.73. The number of carboxylic acid groups (broad SMARTS) is 1. The number of benzene rings is 1. The molecule has 92 valence electrons. The van der Waals surface area contributed by atoms with Crippen LogP contribution >= 0.6 is 0 Å². The first-order chi connectivity index (χ1) is 7.88. The van der Waals surface area contributed by atoms with Gasteiger partial charge < -0.3 is 9.84 Å². The molecule has 3 nitrogen and oxygen atoms in total. The van der Waals surface area contributed by atoms with E-state index in [1.54, 1.807) is 0 Å². The Bertz CT molecular complexity index is 443. The zero-order valence-electron chi connectivity index (χ0n) is 10.5. The van der Waals surface area contributed by atoms with Crippen LogP contribution in [-0.4, -0.2) is 17.2 Å². The molecule has 1 aromatic carbocycles. The maximum atomic E-state index is 10.9. The summed E-state index contributed by atoms with van der Waals surface area (Å²) in [6, 6.07) is 6.04. The molecule has 17 heavy (non-hydrogen) atoms.